The maximum absolute atomic E-state index is 12.7. The molecule has 130 valence electrons. The van der Waals surface area contributed by atoms with Crippen molar-refractivity contribution in [1.29, 1.82) is 0 Å². The van der Waals surface area contributed by atoms with E-state index in [1.54, 1.807) is 7.11 Å². The molecule has 0 aromatic heterocycles. The van der Waals surface area contributed by atoms with Gasteiger partial charge in [-0.1, -0.05) is 12.1 Å². The van der Waals surface area contributed by atoms with Gasteiger partial charge in [-0.3, -0.25) is 4.79 Å². The van der Waals surface area contributed by atoms with E-state index in [0.717, 1.165) is 30.9 Å². The van der Waals surface area contributed by atoms with Crippen LogP contribution in [-0.2, 0) is 4.79 Å². The van der Waals surface area contributed by atoms with Crippen LogP contribution in [-0.4, -0.2) is 67.6 Å². The first-order valence-electron chi connectivity index (χ1n) is 8.34. The largest absolute Gasteiger partial charge is 0.495 e. The highest BCUT2D eigenvalue weighted by atomic mass is 16.5. The molecule has 0 aliphatic carbocycles. The molecule has 0 unspecified atom stereocenters. The molecule has 7 nitrogen and oxygen atoms in total. The molecule has 2 fully saturated rings. The number of methoxy groups -OCH3 is 1. The second-order valence-electron chi connectivity index (χ2n) is 6.17. The van der Waals surface area contributed by atoms with E-state index < -0.39 is 6.03 Å². The van der Waals surface area contributed by atoms with Crippen LogP contribution in [0, 0.1) is 0 Å². The molecule has 0 radical (unpaired) electrons. The first kappa shape index (κ1) is 16.4. The summed E-state index contributed by atoms with van der Waals surface area (Å²) in [5.74, 6) is 0.860. The van der Waals surface area contributed by atoms with Crippen LogP contribution in [0.5, 0.6) is 5.75 Å². The molecule has 0 spiro atoms. The van der Waals surface area contributed by atoms with E-state index in [9.17, 15) is 9.59 Å². The Morgan fingerprint density at radius 2 is 1.83 bits per heavy atom. The Labute approximate surface area is 141 Å². The van der Waals surface area contributed by atoms with Gasteiger partial charge in [-0.2, -0.15) is 0 Å². The molecule has 2 aliphatic rings. The Morgan fingerprint density at radius 1 is 1.12 bits per heavy atom. The first-order valence-corrected chi connectivity index (χ1v) is 8.34. The van der Waals surface area contributed by atoms with E-state index >= 15 is 0 Å². The quantitative estimate of drug-likeness (QED) is 0.891. The molecule has 24 heavy (non-hydrogen) atoms. The Morgan fingerprint density at radius 3 is 2.50 bits per heavy atom. The maximum atomic E-state index is 12.7. The number of likely N-dealkylation sites (tertiary alicyclic amines) is 1. The van der Waals surface area contributed by atoms with Crippen molar-refractivity contribution in [3.8, 4) is 5.75 Å². The summed E-state index contributed by atoms with van der Waals surface area (Å²) in [6.45, 7) is 3.34. The van der Waals surface area contributed by atoms with Gasteiger partial charge in [-0.15, -0.1) is 0 Å². The van der Waals surface area contributed by atoms with Crippen LogP contribution >= 0.6 is 0 Å². The van der Waals surface area contributed by atoms with Crippen LogP contribution in [0.1, 0.15) is 12.8 Å². The fraction of sp³-hybridized carbons (Fsp3) is 0.529. The zero-order valence-electron chi connectivity index (χ0n) is 14.0. The minimum Gasteiger partial charge on any atom is -0.495 e. The van der Waals surface area contributed by atoms with Gasteiger partial charge in [-0.25, -0.2) is 4.79 Å². The van der Waals surface area contributed by atoms with Crippen LogP contribution < -0.4 is 15.4 Å². The number of para-hydroxylation sites is 2. The highest BCUT2D eigenvalue weighted by Gasteiger charge is 2.36. The SMILES string of the molecule is COc1ccccc1N1CCN(C(=O)[C@@H]2CCCN2C(N)=O)CC1. The third-order valence-electron chi connectivity index (χ3n) is 4.84. The molecule has 1 aromatic rings. The van der Waals surface area contributed by atoms with Crippen molar-refractivity contribution >= 4 is 17.6 Å². The van der Waals surface area contributed by atoms with Crippen molar-refractivity contribution in [3.63, 3.8) is 0 Å². The average Bonchev–Trinajstić information content (AvgIpc) is 3.11. The standard InChI is InChI=1S/C17H24N4O3/c1-24-15-7-3-2-5-13(15)19-9-11-20(12-10-19)16(22)14-6-4-8-21(14)17(18)23/h2-3,5,7,14H,4,6,8-12H2,1H3,(H2,18,23)/t14-/m0/s1. The Bertz CT molecular complexity index is 614. The molecular formula is C17H24N4O3. The lowest BCUT2D eigenvalue weighted by molar-refractivity contribution is -0.135. The predicted octanol–water partition coefficient (Wildman–Crippen LogP) is 0.887. The Kier molecular flexibility index (Phi) is 4.78. The molecule has 0 saturated carbocycles. The normalized spacial score (nSPS) is 21.0. The smallest absolute Gasteiger partial charge is 0.315 e. The average molecular weight is 332 g/mol. The van der Waals surface area contributed by atoms with E-state index in [2.05, 4.69) is 4.90 Å². The third kappa shape index (κ3) is 3.11. The number of ether oxygens (including phenoxy) is 1. The lowest BCUT2D eigenvalue weighted by atomic mass is 10.1. The van der Waals surface area contributed by atoms with Crippen molar-refractivity contribution in [3.05, 3.63) is 24.3 Å². The molecule has 2 N–H and O–H groups in total. The summed E-state index contributed by atoms with van der Waals surface area (Å²) in [4.78, 5) is 29.7. The number of carbonyl (C=O) groups is 2. The van der Waals surface area contributed by atoms with Gasteiger partial charge in [0.25, 0.3) is 0 Å². The van der Waals surface area contributed by atoms with Crippen molar-refractivity contribution < 1.29 is 14.3 Å². The predicted molar refractivity (Wildman–Crippen MR) is 91.1 cm³/mol. The third-order valence-corrected chi connectivity index (χ3v) is 4.84. The van der Waals surface area contributed by atoms with Crippen LogP contribution in [0.4, 0.5) is 10.5 Å². The second kappa shape index (κ2) is 6.98. The van der Waals surface area contributed by atoms with E-state index in [-0.39, 0.29) is 11.9 Å². The van der Waals surface area contributed by atoms with E-state index in [1.165, 1.54) is 4.90 Å². The van der Waals surface area contributed by atoms with Crippen LogP contribution in [0.25, 0.3) is 0 Å². The highest BCUT2D eigenvalue weighted by Crippen LogP contribution is 2.28. The van der Waals surface area contributed by atoms with Crippen LogP contribution in [0.2, 0.25) is 0 Å². The van der Waals surface area contributed by atoms with Gasteiger partial charge in [0.1, 0.15) is 11.8 Å². The van der Waals surface area contributed by atoms with E-state index in [4.69, 9.17) is 10.5 Å². The molecular weight excluding hydrogens is 308 g/mol. The van der Waals surface area contributed by atoms with Gasteiger partial charge in [-0.05, 0) is 25.0 Å². The summed E-state index contributed by atoms with van der Waals surface area (Å²) in [5.41, 5.74) is 6.43. The zero-order chi connectivity index (χ0) is 17.1. The van der Waals surface area contributed by atoms with Crippen molar-refractivity contribution in [2.75, 3.05) is 44.7 Å². The topological polar surface area (TPSA) is 79.1 Å². The minimum absolute atomic E-state index is 0.0194. The number of hydrogen-bond donors (Lipinski definition) is 1. The molecule has 1 atom stereocenters. The molecule has 1 aromatic carbocycles. The maximum Gasteiger partial charge on any atom is 0.315 e. The molecule has 3 rings (SSSR count). The molecule has 3 amide bonds. The van der Waals surface area contributed by atoms with Gasteiger partial charge in [0.2, 0.25) is 5.91 Å². The molecule has 2 aliphatic heterocycles. The monoisotopic (exact) mass is 332 g/mol. The zero-order valence-corrected chi connectivity index (χ0v) is 14.0. The van der Waals surface area contributed by atoms with E-state index in [1.807, 2.05) is 29.2 Å². The molecule has 7 heteroatoms. The first-order chi connectivity index (χ1) is 11.6. The van der Waals surface area contributed by atoms with Crippen LogP contribution in [0.3, 0.4) is 0 Å². The summed E-state index contributed by atoms with van der Waals surface area (Å²) in [6.07, 6.45) is 1.54. The Hall–Kier alpha value is -2.44. The van der Waals surface area contributed by atoms with Crippen molar-refractivity contribution in [2.24, 2.45) is 5.73 Å². The van der Waals surface area contributed by atoms with E-state index in [0.29, 0.717) is 26.1 Å². The lowest BCUT2D eigenvalue weighted by Gasteiger charge is -2.38. The summed E-state index contributed by atoms with van der Waals surface area (Å²) in [7, 11) is 1.66. The number of anilines is 1. The van der Waals surface area contributed by atoms with Gasteiger partial charge in [0, 0.05) is 32.7 Å². The molecule has 0 bridgehead atoms. The second-order valence-corrected chi connectivity index (χ2v) is 6.17. The lowest BCUT2D eigenvalue weighted by Crippen LogP contribution is -2.55. The number of benzene rings is 1. The highest BCUT2D eigenvalue weighted by molar-refractivity contribution is 5.87. The molecule has 2 heterocycles. The van der Waals surface area contributed by atoms with Crippen molar-refractivity contribution in [2.45, 2.75) is 18.9 Å². The number of rotatable bonds is 3. The Balaban J connectivity index is 1.62. The number of amides is 3. The number of piperazine rings is 1. The number of hydrogen-bond acceptors (Lipinski definition) is 4. The number of urea groups is 1. The summed E-state index contributed by atoms with van der Waals surface area (Å²) in [5, 5.41) is 0. The summed E-state index contributed by atoms with van der Waals surface area (Å²) >= 11 is 0. The summed E-state index contributed by atoms with van der Waals surface area (Å²) < 4.78 is 5.41. The summed E-state index contributed by atoms with van der Waals surface area (Å²) in [6, 6.07) is 7.01. The van der Waals surface area contributed by atoms with Gasteiger partial charge in [0.05, 0.1) is 12.8 Å². The van der Waals surface area contributed by atoms with Gasteiger partial charge >= 0.3 is 6.03 Å². The van der Waals surface area contributed by atoms with Gasteiger partial charge in [0.15, 0.2) is 0 Å². The molecule has 2 saturated heterocycles. The minimum atomic E-state index is -0.501. The van der Waals surface area contributed by atoms with Crippen LogP contribution in [0.15, 0.2) is 24.3 Å². The van der Waals surface area contributed by atoms with Gasteiger partial charge < -0.3 is 25.2 Å². The number of carbonyl (C=O) groups excluding carboxylic acids is 2. The number of nitrogens with two attached hydrogens (primary N) is 1. The fourth-order valence-electron chi connectivity index (χ4n) is 3.56. The number of primary amides is 1. The number of nitrogens with zero attached hydrogens (tertiary/aromatic N) is 3. The van der Waals surface area contributed by atoms with Crippen molar-refractivity contribution in [1.82, 2.24) is 9.80 Å². The fourth-order valence-corrected chi connectivity index (χ4v) is 3.56.